The minimum absolute atomic E-state index is 0. The van der Waals surface area contributed by atoms with Gasteiger partial charge >= 0.3 is 36.9 Å². The summed E-state index contributed by atoms with van der Waals surface area (Å²) in [7, 11) is 0. The molecule has 0 radical (unpaired) electrons. The molecule has 0 fully saturated rings. The summed E-state index contributed by atoms with van der Waals surface area (Å²) < 4.78 is 2.87. The van der Waals surface area contributed by atoms with Gasteiger partial charge in [-0.05, 0) is 138 Å². The maximum absolute atomic E-state index is 11.6. The smallest absolute Gasteiger partial charge is 0.493 e. The second kappa shape index (κ2) is 100. The van der Waals surface area contributed by atoms with Crippen LogP contribution in [0.3, 0.4) is 0 Å². The van der Waals surface area contributed by atoms with Crippen molar-refractivity contribution in [2.45, 2.75) is 570 Å². The number of nitrogens with zero attached hydrogens (tertiary/aromatic N) is 4. The Balaban J connectivity index is 0. The molecule has 0 saturated carbocycles. The molecule has 0 aliphatic carbocycles. The maximum atomic E-state index is 11.6. The van der Waals surface area contributed by atoms with Crippen LogP contribution in [0.1, 0.15) is 588 Å². The van der Waals surface area contributed by atoms with E-state index in [1.165, 1.54) is 479 Å². The predicted molar refractivity (Wildman–Crippen MR) is 603 cm³/mol. The molecule has 136 heavy (non-hydrogen) atoms. The van der Waals surface area contributed by atoms with Crippen LogP contribution in [-0.4, -0.2) is 9.39 Å². The Bertz CT molecular complexity index is 3460. The van der Waals surface area contributed by atoms with E-state index in [1.807, 2.05) is 0 Å². The Labute approximate surface area is 872 Å². The molecule has 0 spiro atoms. The number of allylic oxidation sites excluding steroid dienone is 6. The topological polar surface area (TPSA) is 50.6 Å². The number of benzene rings is 4. The van der Waals surface area contributed by atoms with Gasteiger partial charge in [-0.25, -0.2) is 48.6 Å². The van der Waals surface area contributed by atoms with Gasteiger partial charge in [0.1, 0.15) is 5.57 Å². The third-order valence-corrected chi connectivity index (χ3v) is 27.4. The zero-order valence-corrected chi connectivity index (χ0v) is 93.8. The molecule has 0 saturated heterocycles. The zero-order valence-electron chi connectivity index (χ0n) is 91.2. The number of aryl methyl sites for hydroxylation is 4. The molecule has 776 valence electrons. The molecular weight excluding hydrogens is 1780 g/mol. The standard InChI is InChI=1S/C39H54N2.2C29H59.C27H34N2.2C3H5.Ni.Pd/c1-5-8-11-14-16-18-21-33-24-28-35(29-25-33)38-32(4)37(23-20-13-10-7-3)39(41(38)40)36-30-26-34(27-31-36)22-19-17-15-12-9-6-2;2*1-3-5-7-9-11-13-15-17-19-21-23-25-27-29-28-26-24-22-20-18-16-14-12-10-8-6-4-2;1-5-7-9-11-25-24(10-8-6-2)26(22-16-12-20(3)13-17-22)29(28)27(25)23-18-14-21(4)15-19-23;2*1-3-2;;/h24-31H,5-19,21-22H2,1-4H3;2*1,3-29H2,2H3;12-19H,5-11H2,1-4H3;2*3H,1-2H2;;/q;2*-1;;2*-1;2*+2. The van der Waals surface area contributed by atoms with Gasteiger partial charge in [0.25, 0.3) is 0 Å². The van der Waals surface area contributed by atoms with Crippen molar-refractivity contribution in [2.24, 2.45) is 0 Å². The number of unbranched alkanes of at least 4 members (excludes halogenated alkanes) is 67. The van der Waals surface area contributed by atoms with Gasteiger partial charge in [0, 0.05) is 45.4 Å². The van der Waals surface area contributed by atoms with E-state index in [4.69, 9.17) is 0 Å². The van der Waals surface area contributed by atoms with Gasteiger partial charge in [-0.3, -0.25) is 0 Å². The van der Waals surface area contributed by atoms with Gasteiger partial charge in [0.15, 0.2) is 0 Å². The number of hydrogen-bond donors (Lipinski definition) is 0. The molecule has 4 aromatic rings. The van der Waals surface area contributed by atoms with E-state index in [1.54, 1.807) is 0 Å². The van der Waals surface area contributed by atoms with Gasteiger partial charge in [0.2, 0.25) is 22.8 Å². The molecule has 0 amide bonds. The fourth-order valence-corrected chi connectivity index (χ4v) is 18.8. The summed E-state index contributed by atoms with van der Waals surface area (Å²) in [6, 6.07) is 34.7. The second-order valence-corrected chi connectivity index (χ2v) is 40.1. The van der Waals surface area contributed by atoms with Crippen molar-refractivity contribution in [1.82, 2.24) is 0 Å². The predicted octanol–water partition coefficient (Wildman–Crippen LogP) is 44.9. The molecule has 2 aliphatic rings. The van der Waals surface area contributed by atoms with Crippen LogP contribution in [0.5, 0.6) is 0 Å². The molecule has 4 nitrogen and oxygen atoms in total. The van der Waals surface area contributed by atoms with E-state index in [9.17, 15) is 11.1 Å². The Kier molecular flexibility index (Phi) is 97.9. The van der Waals surface area contributed by atoms with Gasteiger partial charge < -0.3 is 24.9 Å². The molecule has 2 heterocycles. The molecule has 4 aromatic carbocycles. The largest absolute Gasteiger partial charge is 2.00 e. The molecule has 6 heteroatoms. The Morgan fingerprint density at radius 1 is 0.257 bits per heavy atom. The maximum Gasteiger partial charge on any atom is 2.00 e. The van der Waals surface area contributed by atoms with E-state index in [-0.39, 0.29) is 36.9 Å². The summed E-state index contributed by atoms with van der Waals surface area (Å²) in [6.45, 7) is 43.0. The molecule has 0 unspecified atom stereocenters. The first-order valence-electron chi connectivity index (χ1n) is 57.9. The third-order valence-electron chi connectivity index (χ3n) is 27.4. The molecule has 0 N–H and O–H groups in total. The normalized spacial score (nSPS) is 12.1. The van der Waals surface area contributed by atoms with Crippen molar-refractivity contribution in [2.75, 3.05) is 0 Å². The molecule has 2 aliphatic heterocycles. The summed E-state index contributed by atoms with van der Waals surface area (Å²) in [5.74, 6) is 6.83. The minimum Gasteiger partial charge on any atom is -0.493 e. The van der Waals surface area contributed by atoms with Gasteiger partial charge in [-0.15, -0.1) is 0 Å². The van der Waals surface area contributed by atoms with Crippen molar-refractivity contribution < 1.29 is 46.3 Å². The average molecular weight is 2000 g/mol. The van der Waals surface area contributed by atoms with E-state index in [0.29, 0.717) is 0 Å². The molecule has 0 bridgehead atoms. The average Bonchev–Trinajstić information content (AvgIpc) is 1.62. The summed E-state index contributed by atoms with van der Waals surface area (Å²) in [6.07, 6.45) is 111. The summed E-state index contributed by atoms with van der Waals surface area (Å²) in [5.41, 5.74) is 40.7. The van der Waals surface area contributed by atoms with Crippen LogP contribution in [0, 0.1) is 53.4 Å². The Morgan fingerprint density at radius 3 is 0.699 bits per heavy atom. The summed E-state index contributed by atoms with van der Waals surface area (Å²) in [5, 5.41) is 0. The monoisotopic (exact) mass is 2000 g/mol. The van der Waals surface area contributed by atoms with Crippen LogP contribution in [0.2, 0.25) is 0 Å². The first-order valence-corrected chi connectivity index (χ1v) is 57.9. The summed E-state index contributed by atoms with van der Waals surface area (Å²) >= 11 is 0. The van der Waals surface area contributed by atoms with Crippen molar-refractivity contribution >= 4 is 22.8 Å². The quantitative estimate of drug-likeness (QED) is 0.0139. The van der Waals surface area contributed by atoms with Gasteiger partial charge in [-0.2, -0.15) is 12.8 Å². The number of rotatable bonds is 79. The van der Waals surface area contributed by atoms with Gasteiger partial charge in [0.05, 0.1) is 0 Å². The van der Waals surface area contributed by atoms with Crippen LogP contribution in [0.25, 0.3) is 33.9 Å². The van der Waals surface area contributed by atoms with E-state index >= 15 is 0 Å². The van der Waals surface area contributed by atoms with Crippen LogP contribution in [0.4, 0.5) is 0 Å². The second-order valence-electron chi connectivity index (χ2n) is 40.1. The third kappa shape index (κ3) is 69.8. The summed E-state index contributed by atoms with van der Waals surface area (Å²) in [4.78, 5) is 0. The van der Waals surface area contributed by atoms with Crippen LogP contribution >= 0.6 is 0 Å². The SMILES string of the molecule is C=C[CH2-].C=C[CH2-].CCCCC#CC1=C(c2ccc(CCCCCCCC)cc2)[N+](=[N-])C(c2ccc(CCCCCCCC)cc2)=C1C.CCCCCC1=C(c2ccc(C)cc2)[N+](=[N-])C(c2ccc(C)cc2)=C1CCCC.[CH2-]CCCCCCCCCCCCCCCCCCCCCCCCCCCC.[CH2-]CCCCCCCCCCCCCCCCCCCCCCCCCCCC.[Ni+2].[Pd+2]. The first-order chi connectivity index (χ1) is 65.8. The fourth-order valence-electron chi connectivity index (χ4n) is 18.8. The molecular formula is C130H216N4NiPd. The fraction of sp³-hybridized carbons (Fsp3) is 0.677. The first kappa shape index (κ1) is 133. The van der Waals surface area contributed by atoms with Crippen LogP contribution < -0.4 is 0 Å². The molecule has 0 atom stereocenters. The van der Waals surface area contributed by atoms with Crippen molar-refractivity contribution in [3.8, 4) is 11.8 Å². The Morgan fingerprint density at radius 2 is 0.449 bits per heavy atom. The Hall–Kier alpha value is -5.02. The van der Waals surface area contributed by atoms with Crippen molar-refractivity contribution in [3.63, 3.8) is 0 Å². The van der Waals surface area contributed by atoms with Crippen molar-refractivity contribution in [3.05, 3.63) is 228 Å². The van der Waals surface area contributed by atoms with E-state index < -0.39 is 0 Å². The van der Waals surface area contributed by atoms with Crippen molar-refractivity contribution in [1.29, 1.82) is 0 Å². The zero-order chi connectivity index (χ0) is 97.7. The van der Waals surface area contributed by atoms with E-state index in [0.717, 1.165) is 133 Å². The van der Waals surface area contributed by atoms with E-state index in [2.05, 4.69) is 219 Å². The minimum atomic E-state index is 0. The van der Waals surface area contributed by atoms with Crippen LogP contribution in [0.15, 0.2) is 145 Å². The number of hydrogen-bond acceptors (Lipinski definition) is 0. The molecule has 0 aromatic heterocycles. The van der Waals surface area contributed by atoms with Gasteiger partial charge in [-0.1, -0.05) is 544 Å². The molecule has 6 rings (SSSR count). The van der Waals surface area contributed by atoms with Crippen LogP contribution in [-0.2, 0) is 49.8 Å².